The van der Waals surface area contributed by atoms with Crippen molar-refractivity contribution in [3.63, 3.8) is 0 Å². The summed E-state index contributed by atoms with van der Waals surface area (Å²) >= 11 is 1.67. The van der Waals surface area contributed by atoms with Gasteiger partial charge in [-0.3, -0.25) is 0 Å². The number of hydrogen-bond donors (Lipinski definition) is 0. The molecule has 0 saturated carbocycles. The number of hydrogen-bond acceptors (Lipinski definition) is 5. The monoisotopic (exact) mass is 388 g/mol. The third-order valence-electron chi connectivity index (χ3n) is 4.38. The van der Waals surface area contributed by atoms with Gasteiger partial charge in [0.05, 0.1) is 19.0 Å². The molecule has 2 heterocycles. The SMILES string of the molecule is COc1ccc(-c2ccnn2-c2ccc(SCc3ccc(C)cc3)nn2)cc1. The van der Waals surface area contributed by atoms with Crippen LogP contribution in [0.25, 0.3) is 17.1 Å². The number of aryl methyl sites for hydroxylation is 1. The normalized spacial score (nSPS) is 10.8. The smallest absolute Gasteiger partial charge is 0.176 e. The standard InChI is InChI=1S/C22H20N4OS/c1-16-3-5-17(6-4-16)15-28-22-12-11-21(24-25-22)26-20(13-14-23-26)18-7-9-19(27-2)10-8-18/h3-14H,15H2,1-2H3. The minimum atomic E-state index is 0.690. The molecule has 5 nitrogen and oxygen atoms in total. The molecule has 0 bridgehead atoms. The molecule has 0 aliphatic carbocycles. The Morgan fingerprint density at radius 3 is 2.36 bits per heavy atom. The van der Waals surface area contributed by atoms with E-state index >= 15 is 0 Å². The van der Waals surface area contributed by atoms with Crippen molar-refractivity contribution in [2.75, 3.05) is 7.11 Å². The highest BCUT2D eigenvalue weighted by molar-refractivity contribution is 7.98. The Balaban J connectivity index is 1.49. The van der Waals surface area contributed by atoms with Crippen molar-refractivity contribution in [1.29, 1.82) is 0 Å². The maximum atomic E-state index is 5.23. The van der Waals surface area contributed by atoms with Crippen LogP contribution in [0.3, 0.4) is 0 Å². The first-order valence-electron chi connectivity index (χ1n) is 8.94. The van der Waals surface area contributed by atoms with Gasteiger partial charge in [-0.15, -0.1) is 10.2 Å². The summed E-state index contributed by atoms with van der Waals surface area (Å²) in [6.45, 7) is 2.09. The first-order chi connectivity index (χ1) is 13.7. The number of benzene rings is 2. The van der Waals surface area contributed by atoms with E-state index < -0.39 is 0 Å². The number of methoxy groups -OCH3 is 1. The fourth-order valence-electron chi connectivity index (χ4n) is 2.81. The molecule has 4 rings (SSSR count). The minimum Gasteiger partial charge on any atom is -0.497 e. The van der Waals surface area contributed by atoms with Crippen LogP contribution in [0.15, 0.2) is 78.0 Å². The molecule has 0 atom stereocenters. The number of rotatable bonds is 6. The zero-order valence-electron chi connectivity index (χ0n) is 15.7. The van der Waals surface area contributed by atoms with Crippen molar-refractivity contribution in [1.82, 2.24) is 20.0 Å². The van der Waals surface area contributed by atoms with E-state index in [-0.39, 0.29) is 0 Å². The Bertz CT molecular complexity index is 1040. The maximum Gasteiger partial charge on any atom is 0.176 e. The summed E-state index contributed by atoms with van der Waals surface area (Å²) in [5.41, 5.74) is 4.54. The molecule has 0 amide bonds. The summed E-state index contributed by atoms with van der Waals surface area (Å²) in [7, 11) is 1.66. The molecule has 140 valence electrons. The molecular formula is C22H20N4OS. The van der Waals surface area contributed by atoms with Crippen LogP contribution in [0.4, 0.5) is 0 Å². The lowest BCUT2D eigenvalue weighted by molar-refractivity contribution is 0.415. The van der Waals surface area contributed by atoms with Gasteiger partial charge in [-0.25, -0.2) is 4.68 Å². The molecule has 2 aromatic heterocycles. The number of thioether (sulfide) groups is 1. The molecule has 0 radical (unpaired) electrons. The van der Waals surface area contributed by atoms with Crippen molar-refractivity contribution in [2.45, 2.75) is 17.7 Å². The lowest BCUT2D eigenvalue weighted by Crippen LogP contribution is -2.03. The Morgan fingerprint density at radius 1 is 0.893 bits per heavy atom. The van der Waals surface area contributed by atoms with Gasteiger partial charge in [-0.1, -0.05) is 41.6 Å². The van der Waals surface area contributed by atoms with Gasteiger partial charge in [0, 0.05) is 11.3 Å². The molecule has 0 aliphatic heterocycles. The van der Waals surface area contributed by atoms with Crippen LogP contribution in [-0.2, 0) is 5.75 Å². The number of aromatic nitrogens is 4. The van der Waals surface area contributed by atoms with E-state index in [0.29, 0.717) is 5.82 Å². The fraction of sp³-hybridized carbons (Fsp3) is 0.136. The highest BCUT2D eigenvalue weighted by atomic mass is 32.2. The van der Waals surface area contributed by atoms with Crippen LogP contribution >= 0.6 is 11.8 Å². The summed E-state index contributed by atoms with van der Waals surface area (Å²) in [6.07, 6.45) is 1.77. The third-order valence-corrected chi connectivity index (χ3v) is 5.37. The predicted octanol–water partition coefficient (Wildman–Crippen LogP) is 4.94. The largest absolute Gasteiger partial charge is 0.497 e. The molecule has 2 aromatic carbocycles. The van der Waals surface area contributed by atoms with Crippen LogP contribution < -0.4 is 4.74 Å². The lowest BCUT2D eigenvalue weighted by atomic mass is 10.1. The van der Waals surface area contributed by atoms with Crippen LogP contribution in [0.1, 0.15) is 11.1 Å². The van der Waals surface area contributed by atoms with E-state index in [0.717, 1.165) is 27.8 Å². The molecule has 0 unspecified atom stereocenters. The quantitative estimate of drug-likeness (QED) is 0.438. The summed E-state index contributed by atoms with van der Waals surface area (Å²) in [6, 6.07) is 22.3. The Hall–Kier alpha value is -3.12. The second-order valence-corrected chi connectivity index (χ2v) is 7.36. The van der Waals surface area contributed by atoms with Crippen LogP contribution in [0.5, 0.6) is 5.75 Å². The topological polar surface area (TPSA) is 52.8 Å². The summed E-state index contributed by atoms with van der Waals surface area (Å²) in [5.74, 6) is 2.38. The zero-order valence-corrected chi connectivity index (χ0v) is 16.6. The summed E-state index contributed by atoms with van der Waals surface area (Å²) in [5, 5.41) is 14.0. The Kier molecular flexibility index (Phi) is 5.39. The van der Waals surface area contributed by atoms with Gasteiger partial charge in [0.25, 0.3) is 0 Å². The Labute approximate surface area is 168 Å². The molecule has 0 aliphatic rings. The summed E-state index contributed by atoms with van der Waals surface area (Å²) in [4.78, 5) is 0. The van der Waals surface area contributed by atoms with Gasteiger partial charge < -0.3 is 4.74 Å². The van der Waals surface area contributed by atoms with Crippen LogP contribution in [0.2, 0.25) is 0 Å². The predicted molar refractivity (Wildman–Crippen MR) is 112 cm³/mol. The van der Waals surface area contributed by atoms with E-state index in [2.05, 4.69) is 46.5 Å². The average Bonchev–Trinajstić information content (AvgIpc) is 3.24. The second kappa shape index (κ2) is 8.27. The Morgan fingerprint density at radius 2 is 1.68 bits per heavy atom. The lowest BCUT2D eigenvalue weighted by Gasteiger charge is -2.08. The van der Waals surface area contributed by atoms with Gasteiger partial charge in [0.1, 0.15) is 10.8 Å². The van der Waals surface area contributed by atoms with Crippen molar-refractivity contribution >= 4 is 11.8 Å². The fourth-order valence-corrected chi connectivity index (χ4v) is 3.58. The van der Waals surface area contributed by atoms with E-state index in [9.17, 15) is 0 Å². The molecule has 0 N–H and O–H groups in total. The second-order valence-electron chi connectivity index (χ2n) is 6.36. The molecule has 4 aromatic rings. The number of ether oxygens (including phenoxy) is 1. The highest BCUT2D eigenvalue weighted by Gasteiger charge is 2.10. The maximum absolute atomic E-state index is 5.23. The van der Waals surface area contributed by atoms with E-state index in [1.54, 1.807) is 29.8 Å². The van der Waals surface area contributed by atoms with Crippen molar-refractivity contribution in [3.8, 4) is 22.8 Å². The van der Waals surface area contributed by atoms with Crippen molar-refractivity contribution in [2.24, 2.45) is 0 Å². The zero-order chi connectivity index (χ0) is 19.3. The van der Waals surface area contributed by atoms with Gasteiger partial charge in [0.2, 0.25) is 0 Å². The van der Waals surface area contributed by atoms with Crippen LogP contribution in [-0.4, -0.2) is 27.1 Å². The first-order valence-corrected chi connectivity index (χ1v) is 9.92. The molecular weight excluding hydrogens is 368 g/mol. The summed E-state index contributed by atoms with van der Waals surface area (Å²) < 4.78 is 7.02. The minimum absolute atomic E-state index is 0.690. The van der Waals surface area contributed by atoms with Crippen molar-refractivity contribution in [3.05, 3.63) is 84.1 Å². The van der Waals surface area contributed by atoms with Gasteiger partial charge in [-0.05, 0) is 55.0 Å². The average molecular weight is 388 g/mol. The van der Waals surface area contributed by atoms with E-state index in [1.807, 2.05) is 42.5 Å². The van der Waals surface area contributed by atoms with E-state index in [4.69, 9.17) is 4.74 Å². The molecule has 0 spiro atoms. The van der Waals surface area contributed by atoms with Crippen LogP contribution in [0, 0.1) is 6.92 Å². The molecule has 6 heteroatoms. The van der Waals surface area contributed by atoms with Gasteiger partial charge >= 0.3 is 0 Å². The third kappa shape index (κ3) is 4.07. The van der Waals surface area contributed by atoms with Gasteiger partial charge in [-0.2, -0.15) is 5.10 Å². The van der Waals surface area contributed by atoms with Gasteiger partial charge in [0.15, 0.2) is 5.82 Å². The molecule has 0 fully saturated rings. The molecule has 28 heavy (non-hydrogen) atoms. The van der Waals surface area contributed by atoms with E-state index in [1.165, 1.54) is 11.1 Å². The first kappa shape index (κ1) is 18.3. The molecule has 0 saturated heterocycles. The number of nitrogens with zero attached hydrogens (tertiary/aromatic N) is 4. The highest BCUT2D eigenvalue weighted by Crippen LogP contribution is 2.25. The van der Waals surface area contributed by atoms with Crippen molar-refractivity contribution < 1.29 is 4.74 Å².